The van der Waals surface area contributed by atoms with E-state index >= 15 is 0 Å². The zero-order chi connectivity index (χ0) is 56.2. The van der Waals surface area contributed by atoms with Gasteiger partial charge in [0.25, 0.3) is 0 Å². The fourth-order valence-corrected chi connectivity index (χ4v) is 8.02. The number of amides is 8. The molecule has 26 heteroatoms. The summed E-state index contributed by atoms with van der Waals surface area (Å²) >= 11 is 0. The fraction of sp³-hybridized carbons (Fsp3) is 0.812. The van der Waals surface area contributed by atoms with Crippen LogP contribution in [-0.2, 0) is 52.6 Å². The van der Waals surface area contributed by atoms with Gasteiger partial charge in [0.1, 0.15) is 24.4 Å². The van der Waals surface area contributed by atoms with Crippen molar-refractivity contribution in [2.24, 2.45) is 40.7 Å². The number of rotatable bonds is 37. The van der Waals surface area contributed by atoms with E-state index in [1.807, 2.05) is 27.7 Å². The average molecular weight is 1060 g/mol. The molecule has 0 bridgehead atoms. The predicted molar refractivity (Wildman–Crippen MR) is 270 cm³/mol. The van der Waals surface area contributed by atoms with Crippen LogP contribution in [0, 0.1) is 17.8 Å². The number of aliphatic carboxylic acids is 1. The van der Waals surface area contributed by atoms with Gasteiger partial charge in [-0.15, -0.1) is 0 Å². The Morgan fingerprint density at radius 2 is 1.00 bits per heavy atom. The second-order valence-electron chi connectivity index (χ2n) is 20.3. The molecule has 1 saturated heterocycles. The molecule has 1 fully saturated rings. The summed E-state index contributed by atoms with van der Waals surface area (Å²) in [5, 5.41) is 59.6. The Balaban J connectivity index is 3.18. The summed E-state index contributed by atoms with van der Waals surface area (Å²) < 4.78 is 11.5. The highest BCUT2D eigenvalue weighted by Crippen LogP contribution is 2.23. The molecule has 0 aromatic heterocycles. The summed E-state index contributed by atoms with van der Waals surface area (Å²) in [6, 6.07) is -6.58. The first kappa shape index (κ1) is 66.9. The Labute approximate surface area is 434 Å². The molecule has 0 aromatic carbocycles. The number of nitrogens with two attached hydrogens (primary N) is 4. The predicted octanol–water partition coefficient (Wildman–Crippen LogP) is -3.29. The first-order valence-electron chi connectivity index (χ1n) is 25.6. The lowest BCUT2D eigenvalue weighted by atomic mass is 9.97. The van der Waals surface area contributed by atoms with Gasteiger partial charge < -0.3 is 90.1 Å². The van der Waals surface area contributed by atoms with Gasteiger partial charge in [-0.1, -0.05) is 41.5 Å². The molecule has 8 amide bonds. The van der Waals surface area contributed by atoms with Crippen LogP contribution in [0.3, 0.4) is 0 Å². The topological polar surface area (TPSA) is 441 Å². The molecular weight excluding hydrogens is 971 g/mol. The van der Waals surface area contributed by atoms with E-state index in [0.29, 0.717) is 32.2 Å². The summed E-state index contributed by atoms with van der Waals surface area (Å²) in [7, 11) is 0. The molecule has 1 heterocycles. The number of carbonyl (C=O) groups is 9. The number of hydrogen-bond donors (Lipinski definition) is 15. The molecule has 0 saturated carbocycles. The van der Waals surface area contributed by atoms with E-state index in [1.165, 1.54) is 0 Å². The standard InChI is InChI=1S/C48H89N11O15/c1-25(2)33(51)20-42(67)57-32(24-73-48-45(53-28(7)61)47(72)46(71)36(23-60)74-48)19-39(64)56-31(12-13-44(69)70)18-41(66)59-35(27(5)6)22-43(68)55-29(10-8-14-49)16-38(63)54-30(11-9-15-50)17-40(65)58-34(26(3)4)21-37(52)62/h25-27,29-36,45-48,60,71-72H,8-24,49-51H2,1-7H3,(H2,52,62)(H,53,61)(H,54,63)(H,55,68)(H,56,64)(H,57,67)(H,58,65)(H,59,66)(H,69,70)/t29-,30-,31-,32+,33+,34+,35+,36+,45+,46-,47+,48+/m0/s1. The second kappa shape index (κ2) is 35.2. The molecule has 0 spiro atoms. The maximum absolute atomic E-state index is 13.7. The monoisotopic (exact) mass is 1060 g/mol. The third kappa shape index (κ3) is 27.4. The molecular formula is C48H89N11O15. The number of primary amides is 1. The zero-order valence-electron chi connectivity index (χ0n) is 44.3. The van der Waals surface area contributed by atoms with Gasteiger partial charge in [0, 0.05) is 94.5 Å². The summed E-state index contributed by atoms with van der Waals surface area (Å²) in [5.41, 5.74) is 23.0. The highest BCUT2D eigenvalue weighted by atomic mass is 16.7. The van der Waals surface area contributed by atoms with Crippen LogP contribution < -0.4 is 60.2 Å². The molecule has 1 aliphatic heterocycles. The molecule has 0 unspecified atom stereocenters. The Bertz CT molecular complexity index is 1790. The Morgan fingerprint density at radius 1 is 0.581 bits per heavy atom. The summed E-state index contributed by atoms with van der Waals surface area (Å²) in [4.78, 5) is 116. The van der Waals surface area contributed by atoms with Crippen LogP contribution in [0.15, 0.2) is 0 Å². The number of carboxylic acids is 1. The van der Waals surface area contributed by atoms with Crippen molar-refractivity contribution in [3.8, 4) is 0 Å². The van der Waals surface area contributed by atoms with Crippen molar-refractivity contribution in [3.05, 3.63) is 0 Å². The van der Waals surface area contributed by atoms with Crippen LogP contribution in [0.1, 0.15) is 132 Å². The van der Waals surface area contributed by atoms with Crippen LogP contribution in [0.2, 0.25) is 0 Å². The van der Waals surface area contributed by atoms with Crippen LogP contribution >= 0.6 is 0 Å². The van der Waals surface area contributed by atoms with E-state index in [1.54, 1.807) is 13.8 Å². The number of nitrogens with one attached hydrogen (secondary N) is 7. The van der Waals surface area contributed by atoms with Gasteiger partial charge in [0.05, 0.1) is 19.3 Å². The molecule has 26 nitrogen and oxygen atoms in total. The molecule has 74 heavy (non-hydrogen) atoms. The molecule has 1 rings (SSSR count). The highest BCUT2D eigenvalue weighted by molar-refractivity contribution is 5.84. The minimum Gasteiger partial charge on any atom is -0.481 e. The fourth-order valence-electron chi connectivity index (χ4n) is 8.02. The second-order valence-corrected chi connectivity index (χ2v) is 20.3. The van der Waals surface area contributed by atoms with Gasteiger partial charge >= 0.3 is 5.97 Å². The summed E-state index contributed by atoms with van der Waals surface area (Å²) in [6.45, 7) is 11.4. The van der Waals surface area contributed by atoms with E-state index < -0.39 is 153 Å². The van der Waals surface area contributed by atoms with Crippen molar-refractivity contribution in [2.45, 2.75) is 205 Å². The van der Waals surface area contributed by atoms with Gasteiger partial charge in [0.2, 0.25) is 47.3 Å². The Hall–Kier alpha value is -5.09. The molecule has 0 aliphatic carbocycles. The van der Waals surface area contributed by atoms with E-state index in [-0.39, 0.29) is 68.7 Å². The van der Waals surface area contributed by atoms with E-state index in [9.17, 15) is 63.6 Å². The van der Waals surface area contributed by atoms with Gasteiger partial charge in [-0.3, -0.25) is 43.2 Å². The maximum Gasteiger partial charge on any atom is 0.303 e. The van der Waals surface area contributed by atoms with E-state index in [0.717, 1.165) is 6.92 Å². The van der Waals surface area contributed by atoms with Gasteiger partial charge in [-0.2, -0.15) is 0 Å². The van der Waals surface area contributed by atoms with Crippen molar-refractivity contribution >= 4 is 53.2 Å². The van der Waals surface area contributed by atoms with Crippen molar-refractivity contribution in [2.75, 3.05) is 26.3 Å². The average Bonchev–Trinajstić information content (AvgIpc) is 3.29. The summed E-state index contributed by atoms with van der Waals surface area (Å²) in [6.07, 6.45) is -6.51. The highest BCUT2D eigenvalue weighted by Gasteiger charge is 2.45. The van der Waals surface area contributed by atoms with Gasteiger partial charge in [0.15, 0.2) is 6.29 Å². The first-order chi connectivity index (χ1) is 34.7. The number of aliphatic hydroxyl groups is 3. The van der Waals surface area contributed by atoms with Crippen LogP contribution in [0.4, 0.5) is 0 Å². The molecule has 19 N–H and O–H groups in total. The minimum absolute atomic E-state index is 0.0466. The van der Waals surface area contributed by atoms with Gasteiger partial charge in [-0.25, -0.2) is 0 Å². The van der Waals surface area contributed by atoms with Gasteiger partial charge in [-0.05, 0) is 62.9 Å². The third-order valence-electron chi connectivity index (χ3n) is 12.5. The molecule has 0 radical (unpaired) electrons. The lowest BCUT2D eigenvalue weighted by Gasteiger charge is -2.42. The minimum atomic E-state index is -1.64. The molecule has 12 atom stereocenters. The van der Waals surface area contributed by atoms with Crippen molar-refractivity contribution in [3.63, 3.8) is 0 Å². The lowest BCUT2D eigenvalue weighted by molar-refractivity contribution is -0.271. The Morgan fingerprint density at radius 3 is 1.42 bits per heavy atom. The Kier molecular flexibility index (Phi) is 31.9. The largest absolute Gasteiger partial charge is 0.481 e. The van der Waals surface area contributed by atoms with Crippen LogP contribution in [0.25, 0.3) is 0 Å². The van der Waals surface area contributed by atoms with E-state index in [4.69, 9.17) is 32.4 Å². The first-order valence-corrected chi connectivity index (χ1v) is 25.6. The zero-order valence-corrected chi connectivity index (χ0v) is 44.3. The quantitative estimate of drug-likeness (QED) is 0.0290. The molecule has 0 aromatic rings. The van der Waals surface area contributed by atoms with Crippen LogP contribution in [0.5, 0.6) is 0 Å². The number of carboxylic acid groups (broad SMARTS) is 1. The maximum atomic E-state index is 13.7. The number of ether oxygens (including phenoxy) is 2. The van der Waals surface area contributed by atoms with Crippen LogP contribution in [-0.4, -0.2) is 173 Å². The number of aliphatic hydroxyl groups excluding tert-OH is 3. The molecule has 426 valence electrons. The smallest absolute Gasteiger partial charge is 0.303 e. The van der Waals surface area contributed by atoms with Crippen molar-refractivity contribution in [1.29, 1.82) is 0 Å². The summed E-state index contributed by atoms with van der Waals surface area (Å²) in [5.74, 6) is -6.08. The van der Waals surface area contributed by atoms with Crippen molar-refractivity contribution in [1.82, 2.24) is 37.2 Å². The lowest BCUT2D eigenvalue weighted by Crippen LogP contribution is -2.65. The number of hydrogen-bond acceptors (Lipinski definition) is 17. The van der Waals surface area contributed by atoms with E-state index in [2.05, 4.69) is 37.2 Å². The van der Waals surface area contributed by atoms with Crippen molar-refractivity contribution < 1.29 is 73.1 Å². The molecule has 1 aliphatic rings. The SMILES string of the molecule is CC(=O)N[C@H]1[C@H](OC[C@@H](CC(=O)N[C@@H](CCC(=O)O)CC(=O)N[C@H](CC(=O)N[C@@H](CCCN)CC(=O)N[C@@H](CCCN)CC(=O)N[C@H](CC(N)=O)C(C)C)C(C)C)NC(=O)C[C@@H](N)C(C)C)O[C@H](CO)[C@H](O)[C@@H]1O. The normalized spacial score (nSPS) is 20.5. The number of carbonyl (C=O) groups excluding carboxylic acids is 8. The third-order valence-corrected chi connectivity index (χ3v) is 12.5.